The smallest absolute Gasteiger partial charge is 0.225 e. The van der Waals surface area contributed by atoms with Gasteiger partial charge in [0.2, 0.25) is 5.91 Å². The van der Waals surface area contributed by atoms with E-state index in [1.54, 1.807) is 11.8 Å². The van der Waals surface area contributed by atoms with Crippen molar-refractivity contribution in [3.8, 4) is 11.3 Å². The third kappa shape index (κ3) is 4.81. The standard InChI is InChI=1S/C25H22N2OS2/c1-29-25-27-23(20-15-9-4-10-16-20)24(30-25)26-22(28)17-21(18-11-5-2-6-12-18)19-13-7-3-8-14-19/h2-16,21H,17H2,1H3,(H,26,28). The van der Waals surface area contributed by atoms with Crippen LogP contribution in [0.5, 0.6) is 0 Å². The Hall–Kier alpha value is -2.89. The van der Waals surface area contributed by atoms with E-state index >= 15 is 0 Å². The maximum atomic E-state index is 13.1. The quantitative estimate of drug-likeness (QED) is 0.332. The van der Waals surface area contributed by atoms with Crippen LogP contribution in [0.15, 0.2) is 95.3 Å². The lowest BCUT2D eigenvalue weighted by molar-refractivity contribution is -0.116. The summed E-state index contributed by atoms with van der Waals surface area (Å²) in [6, 6.07) is 30.4. The number of carbonyl (C=O) groups is 1. The van der Waals surface area contributed by atoms with Crippen LogP contribution in [-0.2, 0) is 4.79 Å². The summed E-state index contributed by atoms with van der Waals surface area (Å²) in [4.78, 5) is 17.8. The topological polar surface area (TPSA) is 42.0 Å². The Labute approximate surface area is 185 Å². The highest BCUT2D eigenvalue weighted by molar-refractivity contribution is 8.00. The number of thiazole rings is 1. The van der Waals surface area contributed by atoms with Crippen LogP contribution < -0.4 is 5.32 Å². The summed E-state index contributed by atoms with van der Waals surface area (Å²) in [5.41, 5.74) is 4.11. The van der Waals surface area contributed by atoms with Crippen molar-refractivity contribution in [2.45, 2.75) is 16.7 Å². The van der Waals surface area contributed by atoms with Crippen molar-refractivity contribution in [1.29, 1.82) is 0 Å². The van der Waals surface area contributed by atoms with Gasteiger partial charge in [0.1, 0.15) is 10.7 Å². The lowest BCUT2D eigenvalue weighted by Crippen LogP contribution is -2.16. The molecule has 1 N–H and O–H groups in total. The number of amides is 1. The highest BCUT2D eigenvalue weighted by atomic mass is 32.2. The van der Waals surface area contributed by atoms with Gasteiger partial charge in [-0.1, -0.05) is 114 Å². The molecule has 0 spiro atoms. The Bertz CT molecular complexity index is 1060. The molecular weight excluding hydrogens is 408 g/mol. The summed E-state index contributed by atoms with van der Waals surface area (Å²) in [7, 11) is 0. The van der Waals surface area contributed by atoms with Crippen LogP contribution in [0.4, 0.5) is 5.00 Å². The molecule has 0 aliphatic rings. The Morgan fingerprint density at radius 2 is 1.43 bits per heavy atom. The number of anilines is 1. The monoisotopic (exact) mass is 430 g/mol. The third-order valence-electron chi connectivity index (χ3n) is 4.88. The molecule has 3 nitrogen and oxygen atoms in total. The number of thioether (sulfide) groups is 1. The minimum atomic E-state index is -0.0128. The third-order valence-corrected chi connectivity index (χ3v) is 6.83. The lowest BCUT2D eigenvalue weighted by Gasteiger charge is -2.18. The molecule has 150 valence electrons. The molecule has 5 heteroatoms. The molecule has 1 amide bonds. The van der Waals surface area contributed by atoms with Crippen LogP contribution in [0, 0.1) is 0 Å². The largest absolute Gasteiger partial charge is 0.316 e. The first-order valence-corrected chi connectivity index (χ1v) is 11.8. The number of aromatic nitrogens is 1. The van der Waals surface area contributed by atoms with Gasteiger partial charge < -0.3 is 5.32 Å². The second-order valence-corrected chi connectivity index (χ2v) is 8.91. The van der Waals surface area contributed by atoms with E-state index in [2.05, 4.69) is 29.6 Å². The first kappa shape index (κ1) is 20.4. The van der Waals surface area contributed by atoms with Gasteiger partial charge >= 0.3 is 0 Å². The van der Waals surface area contributed by atoms with Crippen LogP contribution in [0.1, 0.15) is 23.5 Å². The highest BCUT2D eigenvalue weighted by Gasteiger charge is 2.20. The summed E-state index contributed by atoms with van der Waals surface area (Å²) in [6.45, 7) is 0. The number of nitrogens with one attached hydrogen (secondary N) is 1. The molecular formula is C25H22N2OS2. The zero-order valence-electron chi connectivity index (χ0n) is 16.6. The van der Waals surface area contributed by atoms with Crippen LogP contribution >= 0.6 is 23.1 Å². The molecule has 0 atom stereocenters. The van der Waals surface area contributed by atoms with Gasteiger partial charge in [-0.15, -0.1) is 0 Å². The highest BCUT2D eigenvalue weighted by Crippen LogP contribution is 2.37. The molecule has 0 saturated carbocycles. The van der Waals surface area contributed by atoms with E-state index in [1.165, 1.54) is 11.3 Å². The molecule has 4 aromatic rings. The van der Waals surface area contributed by atoms with Gasteiger partial charge in [-0.25, -0.2) is 4.98 Å². The van der Waals surface area contributed by atoms with Gasteiger partial charge in [0.15, 0.2) is 4.34 Å². The fourth-order valence-corrected chi connectivity index (χ4v) is 4.93. The van der Waals surface area contributed by atoms with Gasteiger partial charge in [0.25, 0.3) is 0 Å². The number of carbonyl (C=O) groups excluding carboxylic acids is 1. The molecule has 0 unspecified atom stereocenters. The summed E-state index contributed by atoms with van der Waals surface area (Å²) in [6.07, 6.45) is 2.37. The van der Waals surface area contributed by atoms with Gasteiger partial charge in [-0.3, -0.25) is 4.79 Å². The maximum absolute atomic E-state index is 13.1. The number of hydrogen-bond acceptors (Lipinski definition) is 4. The fourth-order valence-electron chi connectivity index (χ4n) is 3.43. The molecule has 0 bridgehead atoms. The van der Waals surface area contributed by atoms with Crippen molar-refractivity contribution in [3.05, 3.63) is 102 Å². The number of rotatable bonds is 7. The van der Waals surface area contributed by atoms with Gasteiger partial charge in [-0.2, -0.15) is 0 Å². The van der Waals surface area contributed by atoms with E-state index in [-0.39, 0.29) is 11.8 Å². The predicted octanol–water partition coefficient (Wildman–Crippen LogP) is 6.69. The molecule has 0 fully saturated rings. The van der Waals surface area contributed by atoms with Crippen molar-refractivity contribution in [2.24, 2.45) is 0 Å². The van der Waals surface area contributed by atoms with E-state index in [0.717, 1.165) is 31.7 Å². The van der Waals surface area contributed by atoms with Crippen molar-refractivity contribution in [1.82, 2.24) is 4.98 Å². The summed E-state index contributed by atoms with van der Waals surface area (Å²) >= 11 is 3.11. The van der Waals surface area contributed by atoms with Crippen LogP contribution in [0.25, 0.3) is 11.3 Å². The molecule has 0 aliphatic carbocycles. The van der Waals surface area contributed by atoms with Crippen molar-refractivity contribution in [3.63, 3.8) is 0 Å². The lowest BCUT2D eigenvalue weighted by atomic mass is 9.88. The molecule has 30 heavy (non-hydrogen) atoms. The summed E-state index contributed by atoms with van der Waals surface area (Å²) in [5, 5.41) is 3.94. The fraction of sp³-hybridized carbons (Fsp3) is 0.120. The molecule has 1 heterocycles. The SMILES string of the molecule is CSc1nc(-c2ccccc2)c(NC(=O)CC(c2ccccc2)c2ccccc2)s1. The molecule has 0 aliphatic heterocycles. The van der Waals surface area contributed by atoms with Crippen molar-refractivity contribution < 1.29 is 4.79 Å². The predicted molar refractivity (Wildman–Crippen MR) is 127 cm³/mol. The Balaban J connectivity index is 1.60. The average molecular weight is 431 g/mol. The molecule has 4 rings (SSSR count). The Morgan fingerprint density at radius 3 is 1.97 bits per heavy atom. The van der Waals surface area contributed by atoms with Crippen LogP contribution in [0.2, 0.25) is 0 Å². The zero-order valence-corrected chi connectivity index (χ0v) is 18.2. The van der Waals surface area contributed by atoms with Crippen molar-refractivity contribution in [2.75, 3.05) is 11.6 Å². The minimum absolute atomic E-state index is 0.000479. The number of benzene rings is 3. The van der Waals surface area contributed by atoms with Crippen LogP contribution in [0.3, 0.4) is 0 Å². The van der Waals surface area contributed by atoms with Crippen molar-refractivity contribution >= 4 is 34.0 Å². The minimum Gasteiger partial charge on any atom is -0.316 e. The second-order valence-electron chi connectivity index (χ2n) is 6.85. The molecule has 0 radical (unpaired) electrons. The van der Waals surface area contributed by atoms with Gasteiger partial charge in [0.05, 0.1) is 0 Å². The van der Waals surface area contributed by atoms with E-state index in [4.69, 9.17) is 4.98 Å². The van der Waals surface area contributed by atoms with E-state index < -0.39 is 0 Å². The Morgan fingerprint density at radius 1 is 0.900 bits per heavy atom. The zero-order chi connectivity index (χ0) is 20.8. The average Bonchev–Trinajstić information content (AvgIpc) is 3.22. The number of nitrogens with zero attached hydrogens (tertiary/aromatic N) is 1. The van der Waals surface area contributed by atoms with E-state index in [1.807, 2.05) is 73.0 Å². The van der Waals surface area contributed by atoms with Crippen LogP contribution in [-0.4, -0.2) is 17.1 Å². The second kappa shape index (κ2) is 9.74. The molecule has 1 aromatic heterocycles. The first-order valence-electron chi connectivity index (χ1n) is 9.74. The molecule has 3 aromatic carbocycles. The first-order chi connectivity index (χ1) is 14.7. The van der Waals surface area contributed by atoms with Gasteiger partial charge in [-0.05, 0) is 17.4 Å². The number of hydrogen-bond donors (Lipinski definition) is 1. The molecule has 0 saturated heterocycles. The van der Waals surface area contributed by atoms with Gasteiger partial charge in [0, 0.05) is 17.9 Å². The van der Waals surface area contributed by atoms with E-state index in [0.29, 0.717) is 6.42 Å². The maximum Gasteiger partial charge on any atom is 0.225 e. The van der Waals surface area contributed by atoms with E-state index in [9.17, 15) is 4.79 Å². The summed E-state index contributed by atoms with van der Waals surface area (Å²) in [5.74, 6) is -0.0123. The normalized spacial score (nSPS) is 10.9. The Kier molecular flexibility index (Phi) is 6.62. The summed E-state index contributed by atoms with van der Waals surface area (Å²) < 4.78 is 0.937.